The fourth-order valence-corrected chi connectivity index (χ4v) is 5.41. The lowest BCUT2D eigenvalue weighted by molar-refractivity contribution is -0.147. The second-order valence-corrected chi connectivity index (χ2v) is 9.54. The van der Waals surface area contributed by atoms with Gasteiger partial charge in [-0.2, -0.15) is 4.98 Å². The van der Waals surface area contributed by atoms with Crippen LogP contribution in [0.2, 0.25) is 0 Å². The van der Waals surface area contributed by atoms with E-state index in [9.17, 15) is 4.79 Å². The quantitative estimate of drug-likeness (QED) is 0.599. The third-order valence-corrected chi connectivity index (χ3v) is 7.29. The Labute approximate surface area is 179 Å². The Kier molecular flexibility index (Phi) is 5.39. The maximum atomic E-state index is 10.9. The van der Waals surface area contributed by atoms with E-state index in [1.54, 1.807) is 11.3 Å². The summed E-state index contributed by atoms with van der Waals surface area (Å²) in [6, 6.07) is 12.7. The number of benzene rings is 1. The van der Waals surface area contributed by atoms with Crippen molar-refractivity contribution in [3.8, 4) is 22.2 Å². The van der Waals surface area contributed by atoms with Gasteiger partial charge in [-0.3, -0.25) is 9.69 Å². The molecule has 156 valence electrons. The van der Waals surface area contributed by atoms with Crippen molar-refractivity contribution in [3.63, 3.8) is 0 Å². The molecular weight excluding hydrogens is 398 g/mol. The van der Waals surface area contributed by atoms with E-state index in [2.05, 4.69) is 45.4 Å². The number of thiophene rings is 1. The normalized spacial score (nSPS) is 18.4. The Morgan fingerprint density at radius 2 is 1.87 bits per heavy atom. The molecule has 0 bridgehead atoms. The zero-order chi connectivity index (χ0) is 20.5. The van der Waals surface area contributed by atoms with Gasteiger partial charge in [0.25, 0.3) is 5.89 Å². The Bertz CT molecular complexity index is 1010. The van der Waals surface area contributed by atoms with Crippen molar-refractivity contribution >= 4 is 17.3 Å². The lowest BCUT2D eigenvalue weighted by Gasteiger charge is -2.36. The van der Waals surface area contributed by atoms with Crippen molar-refractivity contribution in [2.45, 2.75) is 44.6 Å². The summed E-state index contributed by atoms with van der Waals surface area (Å²) in [4.78, 5) is 19.8. The molecule has 30 heavy (non-hydrogen) atoms. The first kappa shape index (κ1) is 19.5. The van der Waals surface area contributed by atoms with Crippen LogP contribution in [0, 0.1) is 5.92 Å². The molecular formula is C23H25N3O3S. The van der Waals surface area contributed by atoms with Gasteiger partial charge >= 0.3 is 5.97 Å². The first-order valence-electron chi connectivity index (χ1n) is 10.6. The van der Waals surface area contributed by atoms with Gasteiger partial charge in [0.2, 0.25) is 5.82 Å². The molecule has 0 atom stereocenters. The third kappa shape index (κ3) is 4.04. The van der Waals surface area contributed by atoms with E-state index in [1.807, 2.05) is 6.07 Å². The van der Waals surface area contributed by atoms with E-state index in [0.29, 0.717) is 30.7 Å². The molecule has 1 saturated carbocycles. The highest BCUT2D eigenvalue weighted by Crippen LogP contribution is 2.34. The SMILES string of the molecule is O=C(O)C1CN(Cc2ccc(-c3noc(-c4ccc(C5CCCCC5)cc4)n3)s2)C1. The highest BCUT2D eigenvalue weighted by Gasteiger charge is 2.32. The molecule has 1 N–H and O–H groups in total. The summed E-state index contributed by atoms with van der Waals surface area (Å²) in [5.74, 6) is 0.900. The monoisotopic (exact) mass is 423 g/mol. The maximum absolute atomic E-state index is 10.9. The van der Waals surface area contributed by atoms with Crippen LogP contribution < -0.4 is 0 Å². The fourth-order valence-electron chi connectivity index (χ4n) is 4.43. The average Bonchev–Trinajstić information content (AvgIpc) is 3.40. The van der Waals surface area contributed by atoms with Crippen molar-refractivity contribution in [1.29, 1.82) is 0 Å². The number of hydrogen-bond acceptors (Lipinski definition) is 6. The number of rotatable bonds is 6. The molecule has 2 aromatic heterocycles. The zero-order valence-corrected chi connectivity index (χ0v) is 17.6. The lowest BCUT2D eigenvalue weighted by atomic mass is 9.84. The number of carboxylic acid groups (broad SMARTS) is 1. The summed E-state index contributed by atoms with van der Waals surface area (Å²) < 4.78 is 5.52. The molecule has 5 rings (SSSR count). The first-order chi connectivity index (χ1) is 14.7. The van der Waals surface area contributed by atoms with Gasteiger partial charge in [0.05, 0.1) is 10.8 Å². The fraction of sp³-hybridized carbons (Fsp3) is 0.435. The van der Waals surface area contributed by atoms with Gasteiger partial charge in [-0.1, -0.05) is 36.6 Å². The highest BCUT2D eigenvalue weighted by atomic mass is 32.1. The van der Waals surface area contributed by atoms with Crippen molar-refractivity contribution in [2.24, 2.45) is 5.92 Å². The Morgan fingerprint density at radius 3 is 2.60 bits per heavy atom. The Balaban J connectivity index is 1.23. The van der Waals surface area contributed by atoms with Crippen molar-refractivity contribution in [1.82, 2.24) is 15.0 Å². The number of hydrogen-bond donors (Lipinski definition) is 1. The van der Waals surface area contributed by atoms with E-state index in [0.717, 1.165) is 17.0 Å². The van der Waals surface area contributed by atoms with Gasteiger partial charge in [0.15, 0.2) is 0 Å². The number of aliphatic carboxylic acids is 1. The van der Waals surface area contributed by atoms with Crippen LogP contribution in [-0.2, 0) is 11.3 Å². The third-order valence-electron chi connectivity index (χ3n) is 6.23. The smallest absolute Gasteiger partial charge is 0.309 e. The molecule has 2 fully saturated rings. The van der Waals surface area contributed by atoms with Crippen LogP contribution >= 0.6 is 11.3 Å². The number of aromatic nitrogens is 2. The maximum Gasteiger partial charge on any atom is 0.309 e. The summed E-state index contributed by atoms with van der Waals surface area (Å²) >= 11 is 1.63. The molecule has 0 unspecified atom stereocenters. The van der Waals surface area contributed by atoms with E-state index in [4.69, 9.17) is 9.63 Å². The van der Waals surface area contributed by atoms with Crippen molar-refractivity contribution in [3.05, 3.63) is 46.8 Å². The van der Waals surface area contributed by atoms with E-state index in [-0.39, 0.29) is 5.92 Å². The molecule has 1 aromatic carbocycles. The van der Waals surface area contributed by atoms with Crippen molar-refractivity contribution in [2.75, 3.05) is 13.1 Å². The molecule has 0 amide bonds. The second kappa shape index (κ2) is 8.32. The van der Waals surface area contributed by atoms with Crippen LogP contribution in [0.4, 0.5) is 0 Å². The number of carbonyl (C=O) groups is 1. The first-order valence-corrected chi connectivity index (χ1v) is 11.5. The topological polar surface area (TPSA) is 79.5 Å². The van der Waals surface area contributed by atoms with Gasteiger partial charge in [-0.25, -0.2) is 0 Å². The molecule has 1 saturated heterocycles. The van der Waals surface area contributed by atoms with Crippen LogP contribution in [0.15, 0.2) is 40.9 Å². The molecule has 0 spiro atoms. The second-order valence-electron chi connectivity index (χ2n) is 8.38. The molecule has 3 heterocycles. The predicted octanol–water partition coefficient (Wildman–Crippen LogP) is 5.03. The minimum Gasteiger partial charge on any atom is -0.481 e. The molecule has 7 heteroatoms. The number of nitrogens with zero attached hydrogens (tertiary/aromatic N) is 3. The van der Waals surface area contributed by atoms with Gasteiger partial charge in [-0.05, 0) is 48.6 Å². The van der Waals surface area contributed by atoms with E-state index >= 15 is 0 Å². The largest absolute Gasteiger partial charge is 0.481 e. The summed E-state index contributed by atoms with van der Waals surface area (Å²) in [6.45, 7) is 2.00. The van der Waals surface area contributed by atoms with Crippen LogP contribution in [0.25, 0.3) is 22.2 Å². The molecule has 0 radical (unpaired) electrons. The van der Waals surface area contributed by atoms with Gasteiger partial charge in [0.1, 0.15) is 0 Å². The van der Waals surface area contributed by atoms with Gasteiger partial charge in [-0.15, -0.1) is 11.3 Å². The molecule has 1 aliphatic heterocycles. The highest BCUT2D eigenvalue weighted by molar-refractivity contribution is 7.15. The lowest BCUT2D eigenvalue weighted by Crippen LogP contribution is -2.49. The minimum absolute atomic E-state index is 0.228. The summed E-state index contributed by atoms with van der Waals surface area (Å²) in [5.41, 5.74) is 2.36. The van der Waals surface area contributed by atoms with Gasteiger partial charge in [0, 0.05) is 30.1 Å². The van der Waals surface area contributed by atoms with Gasteiger partial charge < -0.3 is 9.63 Å². The predicted molar refractivity (Wildman–Crippen MR) is 115 cm³/mol. The zero-order valence-electron chi connectivity index (χ0n) is 16.8. The average molecular weight is 424 g/mol. The molecule has 3 aromatic rings. The molecule has 2 aliphatic rings. The summed E-state index contributed by atoms with van der Waals surface area (Å²) in [7, 11) is 0. The Hall–Kier alpha value is -2.51. The minimum atomic E-state index is -0.704. The summed E-state index contributed by atoms with van der Waals surface area (Å²) in [5, 5.41) is 13.2. The number of likely N-dealkylation sites (tertiary alicyclic amines) is 1. The van der Waals surface area contributed by atoms with E-state index < -0.39 is 5.97 Å². The Morgan fingerprint density at radius 1 is 1.10 bits per heavy atom. The van der Waals surface area contributed by atoms with Crippen LogP contribution in [0.3, 0.4) is 0 Å². The summed E-state index contributed by atoms with van der Waals surface area (Å²) in [6.07, 6.45) is 6.61. The standard InChI is InChI=1S/C23H25N3O3S/c27-23(28)18-12-26(13-18)14-19-10-11-20(30-19)21-24-22(29-25-21)17-8-6-16(7-9-17)15-4-2-1-3-5-15/h6-11,15,18H,1-5,12-14H2,(H,27,28). The number of carboxylic acids is 1. The molecule has 6 nitrogen and oxygen atoms in total. The van der Waals surface area contributed by atoms with Crippen LogP contribution in [-0.4, -0.2) is 39.2 Å². The van der Waals surface area contributed by atoms with Crippen LogP contribution in [0.5, 0.6) is 0 Å². The van der Waals surface area contributed by atoms with Crippen molar-refractivity contribution < 1.29 is 14.4 Å². The van der Waals surface area contributed by atoms with Crippen LogP contribution in [0.1, 0.15) is 48.5 Å². The molecule has 1 aliphatic carbocycles. The van der Waals surface area contributed by atoms with E-state index in [1.165, 1.54) is 42.5 Å².